The third-order valence-corrected chi connectivity index (χ3v) is 6.01. The molecule has 2 aromatic rings. The van der Waals surface area contributed by atoms with E-state index in [1.807, 2.05) is 12.1 Å². The van der Waals surface area contributed by atoms with Gasteiger partial charge in [-0.2, -0.15) is 13.2 Å². The lowest BCUT2D eigenvalue weighted by atomic mass is 9.86. The van der Waals surface area contributed by atoms with Crippen molar-refractivity contribution < 1.29 is 17.9 Å². The summed E-state index contributed by atoms with van der Waals surface area (Å²) in [5.41, 5.74) is 2.76. The number of hydrogen-bond donors (Lipinski definition) is 0. The fraction of sp³-hybridized carbons (Fsp3) is 0.455. The standard InChI is InChI=1S/C22H25F3N2O/c1-28-21-7-2-4-16-8-9-19(15-20(16)21)27-12-10-26(11-13-27)18-6-3-5-17(14-18)22(23,24)25/h2-7,14,19H,8-13,15H2,1H3. The van der Waals surface area contributed by atoms with E-state index in [0.717, 1.165) is 57.3 Å². The molecule has 28 heavy (non-hydrogen) atoms. The number of benzene rings is 2. The maximum absolute atomic E-state index is 13.0. The van der Waals surface area contributed by atoms with Crippen LogP contribution in [0.15, 0.2) is 42.5 Å². The fourth-order valence-corrected chi connectivity index (χ4v) is 4.46. The summed E-state index contributed by atoms with van der Waals surface area (Å²) < 4.78 is 44.5. The van der Waals surface area contributed by atoms with E-state index in [9.17, 15) is 13.2 Å². The number of halogens is 3. The normalized spacial score (nSPS) is 20.7. The Morgan fingerprint density at radius 3 is 2.46 bits per heavy atom. The van der Waals surface area contributed by atoms with Crippen molar-refractivity contribution >= 4 is 5.69 Å². The summed E-state index contributed by atoms with van der Waals surface area (Å²) in [5.74, 6) is 0.963. The molecule has 1 fully saturated rings. The summed E-state index contributed by atoms with van der Waals surface area (Å²) in [6, 6.07) is 12.4. The quantitative estimate of drug-likeness (QED) is 0.773. The molecule has 2 aromatic carbocycles. The zero-order valence-corrected chi connectivity index (χ0v) is 16.0. The highest BCUT2D eigenvalue weighted by Crippen LogP contribution is 2.34. The Hall–Kier alpha value is -2.21. The first-order chi connectivity index (χ1) is 13.5. The minimum atomic E-state index is -4.30. The lowest BCUT2D eigenvalue weighted by Gasteiger charge is -2.42. The first kappa shape index (κ1) is 19.1. The predicted octanol–water partition coefficient (Wildman–Crippen LogP) is 4.39. The number of anilines is 1. The second-order valence-electron chi connectivity index (χ2n) is 7.57. The van der Waals surface area contributed by atoms with Crippen LogP contribution >= 0.6 is 0 Å². The topological polar surface area (TPSA) is 15.7 Å². The van der Waals surface area contributed by atoms with Crippen LogP contribution in [0.5, 0.6) is 5.75 Å². The van der Waals surface area contributed by atoms with Crippen molar-refractivity contribution in [3.63, 3.8) is 0 Å². The van der Waals surface area contributed by atoms with Crippen LogP contribution in [-0.4, -0.2) is 44.2 Å². The third-order valence-electron chi connectivity index (χ3n) is 6.01. The van der Waals surface area contributed by atoms with Crippen molar-refractivity contribution in [2.45, 2.75) is 31.5 Å². The molecule has 0 bridgehead atoms. The van der Waals surface area contributed by atoms with Crippen LogP contribution in [0.3, 0.4) is 0 Å². The van der Waals surface area contributed by atoms with E-state index in [2.05, 4.69) is 15.9 Å². The van der Waals surface area contributed by atoms with Crippen LogP contribution in [0.25, 0.3) is 0 Å². The van der Waals surface area contributed by atoms with Crippen LogP contribution in [0.4, 0.5) is 18.9 Å². The SMILES string of the molecule is COc1cccc2c1CC(N1CCN(c3cccc(C(F)(F)F)c3)CC1)CC2. The van der Waals surface area contributed by atoms with E-state index < -0.39 is 11.7 Å². The Kier molecular flexibility index (Phi) is 5.23. The number of aryl methyl sites for hydroxylation is 1. The number of methoxy groups -OCH3 is 1. The van der Waals surface area contributed by atoms with Crippen molar-refractivity contribution in [1.82, 2.24) is 4.90 Å². The molecule has 6 heteroatoms. The van der Waals surface area contributed by atoms with Crippen LogP contribution in [0.2, 0.25) is 0 Å². The minimum Gasteiger partial charge on any atom is -0.496 e. The van der Waals surface area contributed by atoms with Gasteiger partial charge in [0.1, 0.15) is 5.75 Å². The van der Waals surface area contributed by atoms with Crippen LogP contribution in [0, 0.1) is 0 Å². The molecule has 1 atom stereocenters. The lowest BCUT2D eigenvalue weighted by molar-refractivity contribution is -0.137. The van der Waals surface area contributed by atoms with Crippen LogP contribution in [-0.2, 0) is 19.0 Å². The number of hydrogen-bond acceptors (Lipinski definition) is 3. The number of fused-ring (bicyclic) bond motifs is 1. The van der Waals surface area contributed by atoms with E-state index >= 15 is 0 Å². The zero-order valence-electron chi connectivity index (χ0n) is 16.0. The molecule has 0 spiro atoms. The maximum Gasteiger partial charge on any atom is 0.416 e. The second-order valence-corrected chi connectivity index (χ2v) is 7.57. The molecule has 1 aliphatic heterocycles. The molecule has 1 saturated heterocycles. The lowest BCUT2D eigenvalue weighted by Crippen LogP contribution is -2.51. The predicted molar refractivity (Wildman–Crippen MR) is 104 cm³/mol. The Bertz CT molecular complexity index is 815. The number of rotatable bonds is 3. The molecule has 1 unspecified atom stereocenters. The molecule has 2 aliphatic rings. The minimum absolute atomic E-state index is 0.465. The molecule has 4 rings (SSSR count). The smallest absolute Gasteiger partial charge is 0.416 e. The van der Waals surface area contributed by atoms with Crippen molar-refractivity contribution in [2.24, 2.45) is 0 Å². The van der Waals surface area contributed by atoms with Gasteiger partial charge in [0.25, 0.3) is 0 Å². The molecule has 0 aromatic heterocycles. The highest BCUT2D eigenvalue weighted by Gasteiger charge is 2.32. The average molecular weight is 390 g/mol. The molecule has 0 amide bonds. The third kappa shape index (κ3) is 3.83. The number of ether oxygens (including phenoxy) is 1. The summed E-state index contributed by atoms with van der Waals surface area (Å²) in [6.07, 6.45) is -1.16. The maximum atomic E-state index is 13.0. The molecular weight excluding hydrogens is 365 g/mol. The first-order valence-electron chi connectivity index (χ1n) is 9.77. The Morgan fingerprint density at radius 1 is 1.00 bits per heavy atom. The van der Waals surface area contributed by atoms with Crippen molar-refractivity contribution in [3.05, 3.63) is 59.2 Å². The van der Waals surface area contributed by atoms with Gasteiger partial charge in [-0.25, -0.2) is 0 Å². The molecule has 0 radical (unpaired) electrons. The van der Waals surface area contributed by atoms with Crippen molar-refractivity contribution in [1.29, 1.82) is 0 Å². The molecule has 0 saturated carbocycles. The summed E-state index contributed by atoms with van der Waals surface area (Å²) in [6.45, 7) is 3.23. The number of alkyl halides is 3. The monoisotopic (exact) mass is 390 g/mol. The zero-order chi connectivity index (χ0) is 19.7. The van der Waals surface area contributed by atoms with Gasteiger partial charge in [-0.05, 0) is 54.7 Å². The van der Waals surface area contributed by atoms with Gasteiger partial charge in [0, 0.05) is 37.9 Å². The van der Waals surface area contributed by atoms with Crippen LogP contribution < -0.4 is 9.64 Å². The van der Waals surface area contributed by atoms with Gasteiger partial charge in [-0.15, -0.1) is 0 Å². The Morgan fingerprint density at radius 2 is 1.75 bits per heavy atom. The van der Waals surface area contributed by atoms with E-state index in [1.165, 1.54) is 23.3 Å². The van der Waals surface area contributed by atoms with Gasteiger partial charge < -0.3 is 9.64 Å². The van der Waals surface area contributed by atoms with E-state index in [-0.39, 0.29) is 0 Å². The van der Waals surface area contributed by atoms with E-state index in [4.69, 9.17) is 4.74 Å². The molecule has 1 aliphatic carbocycles. The van der Waals surface area contributed by atoms with Crippen LogP contribution in [0.1, 0.15) is 23.1 Å². The van der Waals surface area contributed by atoms with Crippen molar-refractivity contribution in [2.75, 3.05) is 38.2 Å². The fourth-order valence-electron chi connectivity index (χ4n) is 4.46. The van der Waals surface area contributed by atoms with Gasteiger partial charge in [-0.3, -0.25) is 4.90 Å². The summed E-state index contributed by atoms with van der Waals surface area (Å²) in [7, 11) is 1.72. The number of nitrogens with zero attached hydrogens (tertiary/aromatic N) is 2. The summed E-state index contributed by atoms with van der Waals surface area (Å²) in [5, 5.41) is 0. The van der Waals surface area contributed by atoms with E-state index in [0.29, 0.717) is 11.7 Å². The highest BCUT2D eigenvalue weighted by atomic mass is 19.4. The number of piperazine rings is 1. The Balaban J connectivity index is 1.41. The van der Waals surface area contributed by atoms with E-state index in [1.54, 1.807) is 13.2 Å². The van der Waals surface area contributed by atoms with Gasteiger partial charge in [-0.1, -0.05) is 18.2 Å². The van der Waals surface area contributed by atoms with Gasteiger partial charge in [0.05, 0.1) is 12.7 Å². The van der Waals surface area contributed by atoms with Gasteiger partial charge in [0.2, 0.25) is 0 Å². The molecular formula is C22H25F3N2O. The largest absolute Gasteiger partial charge is 0.496 e. The Labute approximate surface area is 163 Å². The summed E-state index contributed by atoms with van der Waals surface area (Å²) >= 11 is 0. The molecule has 1 heterocycles. The first-order valence-corrected chi connectivity index (χ1v) is 9.77. The van der Waals surface area contributed by atoms with Gasteiger partial charge in [0.15, 0.2) is 0 Å². The van der Waals surface area contributed by atoms with Crippen molar-refractivity contribution in [3.8, 4) is 5.75 Å². The van der Waals surface area contributed by atoms with Gasteiger partial charge >= 0.3 is 6.18 Å². The second kappa shape index (κ2) is 7.66. The molecule has 150 valence electrons. The highest BCUT2D eigenvalue weighted by molar-refractivity contribution is 5.50. The molecule has 0 N–H and O–H groups in total. The average Bonchev–Trinajstić information content (AvgIpc) is 2.72. The molecule has 3 nitrogen and oxygen atoms in total. The summed E-state index contributed by atoms with van der Waals surface area (Å²) in [4.78, 5) is 4.54.